The van der Waals surface area contributed by atoms with Gasteiger partial charge in [0.1, 0.15) is 0 Å². The Morgan fingerprint density at radius 2 is 1.61 bits per heavy atom. The molecule has 2 aliphatic heterocycles. The summed E-state index contributed by atoms with van der Waals surface area (Å²) in [6.07, 6.45) is 0.907. The van der Waals surface area contributed by atoms with Gasteiger partial charge in [0.25, 0.3) is 0 Å². The summed E-state index contributed by atoms with van der Waals surface area (Å²) in [4.78, 5) is 45.0. The van der Waals surface area contributed by atoms with Crippen LogP contribution in [0.5, 0.6) is 0 Å². The largest absolute Gasteiger partial charge is 0.307 e. The maximum absolute atomic E-state index is 13.6. The molecule has 2 amide bonds. The lowest BCUT2D eigenvalue weighted by Crippen LogP contribution is -2.42. The molecule has 2 saturated carbocycles. The van der Waals surface area contributed by atoms with Crippen LogP contribution in [0.25, 0.3) is 0 Å². The lowest BCUT2D eigenvalue weighted by Gasteiger charge is -2.43. The van der Waals surface area contributed by atoms with E-state index in [-0.39, 0.29) is 57.4 Å². The molecule has 3 heterocycles. The number of nitrogens with zero attached hydrogens (tertiary/aromatic N) is 1. The highest BCUT2D eigenvalue weighted by Crippen LogP contribution is 2.68. The van der Waals surface area contributed by atoms with Gasteiger partial charge in [-0.1, -0.05) is 57.6 Å². The van der Waals surface area contributed by atoms with E-state index in [1.165, 1.54) is 21.8 Å². The number of nitrogens with one attached hydrogen (secondary N) is 1. The van der Waals surface area contributed by atoms with Crippen molar-refractivity contribution in [3.63, 3.8) is 0 Å². The summed E-state index contributed by atoms with van der Waals surface area (Å²) in [7, 11) is 0. The molecule has 1 saturated heterocycles. The van der Waals surface area contributed by atoms with E-state index in [2.05, 4.69) is 33.0 Å². The third-order valence-corrected chi connectivity index (χ3v) is 11.1. The zero-order valence-corrected chi connectivity index (χ0v) is 20.5. The molecular formula is C25H19BrN2O3S2. The van der Waals surface area contributed by atoms with Crippen LogP contribution in [-0.4, -0.2) is 22.0 Å². The molecule has 0 spiro atoms. The van der Waals surface area contributed by atoms with Crippen molar-refractivity contribution in [2.45, 2.75) is 22.6 Å². The number of thioether (sulfide) groups is 1. The number of rotatable bonds is 2. The number of benzene rings is 2. The third kappa shape index (κ3) is 2.74. The van der Waals surface area contributed by atoms with Crippen LogP contribution in [-0.2, 0) is 9.59 Å². The van der Waals surface area contributed by atoms with Crippen LogP contribution in [0.2, 0.25) is 0 Å². The van der Waals surface area contributed by atoms with E-state index in [1.807, 2.05) is 42.5 Å². The first-order valence-corrected chi connectivity index (χ1v) is 13.6. The number of amides is 2. The summed E-state index contributed by atoms with van der Waals surface area (Å²) < 4.78 is 1.01. The van der Waals surface area contributed by atoms with E-state index in [0.717, 1.165) is 20.8 Å². The Morgan fingerprint density at radius 3 is 2.33 bits per heavy atom. The number of carbonyl (C=O) groups is 2. The monoisotopic (exact) mass is 538 g/mol. The molecule has 0 radical (unpaired) electrons. The van der Waals surface area contributed by atoms with Crippen molar-refractivity contribution in [2.24, 2.45) is 29.6 Å². The van der Waals surface area contributed by atoms with Crippen LogP contribution in [0.4, 0.5) is 5.69 Å². The molecule has 8 heteroatoms. The quantitative estimate of drug-likeness (QED) is 0.472. The number of imide groups is 1. The van der Waals surface area contributed by atoms with Crippen molar-refractivity contribution < 1.29 is 9.59 Å². The molecule has 166 valence electrons. The number of para-hydroxylation sites is 1. The molecule has 33 heavy (non-hydrogen) atoms. The summed E-state index contributed by atoms with van der Waals surface area (Å²) >= 11 is 6.55. The third-order valence-electron chi connectivity index (χ3n) is 7.97. The van der Waals surface area contributed by atoms with Gasteiger partial charge in [-0.2, -0.15) is 0 Å². The fraction of sp³-hybridized carbons (Fsp3) is 0.320. The predicted octanol–water partition coefficient (Wildman–Crippen LogP) is 4.88. The van der Waals surface area contributed by atoms with Crippen LogP contribution in [0.15, 0.2) is 68.9 Å². The first-order chi connectivity index (χ1) is 16.0. The van der Waals surface area contributed by atoms with Gasteiger partial charge in [-0.25, -0.2) is 0 Å². The van der Waals surface area contributed by atoms with Gasteiger partial charge in [0.15, 0.2) is 0 Å². The highest BCUT2D eigenvalue weighted by atomic mass is 79.9. The Balaban J connectivity index is 1.34. The Morgan fingerprint density at radius 1 is 0.909 bits per heavy atom. The molecule has 7 atom stereocenters. The smallest absolute Gasteiger partial charge is 0.305 e. The number of H-pyrrole nitrogens is 1. The van der Waals surface area contributed by atoms with E-state index in [9.17, 15) is 14.4 Å². The molecule has 2 bridgehead atoms. The molecule has 4 aliphatic rings. The van der Waals surface area contributed by atoms with E-state index < -0.39 is 0 Å². The second-order valence-electron chi connectivity index (χ2n) is 9.36. The number of hydrogen-bond acceptors (Lipinski definition) is 5. The molecule has 7 rings (SSSR count). The zero-order chi connectivity index (χ0) is 22.4. The molecule has 5 nitrogen and oxygen atoms in total. The number of thiazole rings is 1. The highest BCUT2D eigenvalue weighted by Gasteiger charge is 2.69. The SMILES string of the molecule is O=C1C2C(C(=O)N1c1ccccc1)[C@@H]1C[C@H]2C2Sc3[nH]c(=O)sc3C(c3ccc(Br)cc3)C21. The minimum atomic E-state index is -0.264. The number of aromatic nitrogens is 1. The van der Waals surface area contributed by atoms with Crippen molar-refractivity contribution in [3.8, 4) is 0 Å². The summed E-state index contributed by atoms with van der Waals surface area (Å²) in [5.41, 5.74) is 1.84. The average Bonchev–Trinajstić information content (AvgIpc) is 3.54. The van der Waals surface area contributed by atoms with Crippen molar-refractivity contribution in [1.29, 1.82) is 0 Å². The van der Waals surface area contributed by atoms with Gasteiger partial charge < -0.3 is 4.98 Å². The van der Waals surface area contributed by atoms with Crippen molar-refractivity contribution in [3.05, 3.63) is 79.2 Å². The van der Waals surface area contributed by atoms with Crippen molar-refractivity contribution >= 4 is 56.5 Å². The van der Waals surface area contributed by atoms with Gasteiger partial charge in [0, 0.05) is 20.5 Å². The lowest BCUT2D eigenvalue weighted by atomic mass is 9.68. The molecule has 1 aromatic heterocycles. The first-order valence-electron chi connectivity index (χ1n) is 11.1. The Bertz CT molecular complexity index is 1350. The highest BCUT2D eigenvalue weighted by molar-refractivity contribution is 9.10. The number of anilines is 1. The van der Waals surface area contributed by atoms with Crippen molar-refractivity contribution in [2.75, 3.05) is 4.90 Å². The van der Waals surface area contributed by atoms with Gasteiger partial charge >= 0.3 is 4.87 Å². The number of halogens is 1. The van der Waals surface area contributed by atoms with Gasteiger partial charge in [-0.05, 0) is 54.0 Å². The maximum Gasteiger partial charge on any atom is 0.305 e. The first kappa shape index (κ1) is 20.2. The van der Waals surface area contributed by atoms with Gasteiger partial charge in [-0.3, -0.25) is 19.3 Å². The van der Waals surface area contributed by atoms with E-state index in [0.29, 0.717) is 5.69 Å². The molecule has 1 N–H and O–H groups in total. The van der Waals surface area contributed by atoms with Crippen LogP contribution in [0.3, 0.4) is 0 Å². The molecule has 2 aliphatic carbocycles. The lowest BCUT2D eigenvalue weighted by molar-refractivity contribution is -0.123. The summed E-state index contributed by atoms with van der Waals surface area (Å²) in [6.45, 7) is 0. The van der Waals surface area contributed by atoms with Crippen LogP contribution >= 0.6 is 39.0 Å². The van der Waals surface area contributed by atoms with Crippen molar-refractivity contribution in [1.82, 2.24) is 4.98 Å². The maximum atomic E-state index is 13.6. The van der Waals surface area contributed by atoms with E-state index in [1.54, 1.807) is 11.8 Å². The molecular weight excluding hydrogens is 520 g/mol. The summed E-state index contributed by atoms with van der Waals surface area (Å²) in [5, 5.41) is 1.16. The Labute approximate surface area is 206 Å². The summed E-state index contributed by atoms with van der Waals surface area (Å²) in [6, 6.07) is 17.6. The van der Waals surface area contributed by atoms with Gasteiger partial charge in [-0.15, -0.1) is 11.8 Å². The number of carbonyl (C=O) groups excluding carboxylic acids is 2. The molecule has 2 aromatic carbocycles. The summed E-state index contributed by atoms with van der Waals surface area (Å²) in [5.74, 6) is -0.0333. The normalized spacial score (nSPS) is 33.8. The van der Waals surface area contributed by atoms with E-state index >= 15 is 0 Å². The van der Waals surface area contributed by atoms with Crippen LogP contribution < -0.4 is 9.77 Å². The van der Waals surface area contributed by atoms with Gasteiger partial charge in [0.05, 0.1) is 22.5 Å². The number of hydrogen-bond donors (Lipinski definition) is 1. The Kier molecular flexibility index (Phi) is 4.40. The molecule has 3 fully saturated rings. The fourth-order valence-corrected chi connectivity index (χ4v) is 10.0. The minimum Gasteiger partial charge on any atom is -0.307 e. The van der Waals surface area contributed by atoms with Gasteiger partial charge in [0.2, 0.25) is 11.8 Å². The molecule has 3 aromatic rings. The Hall–Kier alpha value is -2.16. The van der Waals surface area contributed by atoms with E-state index in [4.69, 9.17) is 0 Å². The number of aromatic amines is 1. The van der Waals surface area contributed by atoms with Crippen LogP contribution in [0, 0.1) is 29.6 Å². The molecule has 5 unspecified atom stereocenters. The second kappa shape index (κ2) is 7.17. The number of fused-ring (bicyclic) bond motifs is 9. The average molecular weight is 539 g/mol. The standard InChI is InChI=1S/C25H19BrN2O3S2/c26-12-8-6-11(7-9-12)16-17-14-10-15(20(17)32-22-21(16)33-25(31)27-22)19-18(14)23(29)28(24(19)30)13-4-2-1-3-5-13/h1-9,14-20H,10H2,(H,27,31)/t14-,15-,16?,17?,18?,19?,20?/m1/s1. The predicted molar refractivity (Wildman–Crippen MR) is 132 cm³/mol. The second-order valence-corrected chi connectivity index (χ2v) is 12.5. The fourth-order valence-electron chi connectivity index (χ4n) is 6.89. The topological polar surface area (TPSA) is 70.2 Å². The minimum absolute atomic E-state index is 0.0375. The van der Waals surface area contributed by atoms with Crippen LogP contribution in [0.1, 0.15) is 22.8 Å². The zero-order valence-electron chi connectivity index (χ0n) is 17.3.